The molecule has 0 aliphatic carbocycles. The molecule has 3 nitrogen and oxygen atoms in total. The number of halogens is 1. The van der Waals surface area contributed by atoms with E-state index < -0.39 is 0 Å². The summed E-state index contributed by atoms with van der Waals surface area (Å²) in [5.74, 6) is -0.201. The molecule has 17 heavy (non-hydrogen) atoms. The summed E-state index contributed by atoms with van der Waals surface area (Å²) in [4.78, 5) is 3.98. The highest BCUT2D eigenvalue weighted by Crippen LogP contribution is 2.10. The number of nitrogens with one attached hydrogen (secondary N) is 1. The van der Waals surface area contributed by atoms with Gasteiger partial charge in [-0.25, -0.2) is 4.39 Å². The van der Waals surface area contributed by atoms with Gasteiger partial charge in [-0.15, -0.1) is 0 Å². The van der Waals surface area contributed by atoms with E-state index in [9.17, 15) is 4.39 Å². The van der Waals surface area contributed by atoms with Crippen molar-refractivity contribution in [2.75, 3.05) is 17.6 Å². The molecule has 0 unspecified atom stereocenters. The number of nitrogen functional groups attached to an aromatic ring is 1. The summed E-state index contributed by atoms with van der Waals surface area (Å²) in [6.45, 7) is 0.717. The maximum atomic E-state index is 12.9. The summed E-state index contributed by atoms with van der Waals surface area (Å²) in [5.41, 5.74) is 8.08. The van der Waals surface area contributed by atoms with Gasteiger partial charge < -0.3 is 11.1 Å². The van der Waals surface area contributed by atoms with Gasteiger partial charge >= 0.3 is 0 Å². The van der Waals surface area contributed by atoms with Crippen LogP contribution in [0, 0.1) is 5.82 Å². The Balaban J connectivity index is 1.87. The number of hydrogen-bond donors (Lipinski definition) is 2. The normalized spacial score (nSPS) is 10.2. The Bertz CT molecular complexity index is 454. The van der Waals surface area contributed by atoms with Gasteiger partial charge in [0.2, 0.25) is 0 Å². The van der Waals surface area contributed by atoms with Crippen molar-refractivity contribution in [3.05, 3.63) is 54.1 Å². The van der Waals surface area contributed by atoms with Gasteiger partial charge in [-0.1, -0.05) is 12.1 Å². The van der Waals surface area contributed by atoms with Crippen molar-refractivity contribution < 1.29 is 4.39 Å². The topological polar surface area (TPSA) is 50.9 Å². The summed E-state index contributed by atoms with van der Waals surface area (Å²) in [6, 6.07) is 8.42. The van der Waals surface area contributed by atoms with Crippen LogP contribution in [-0.2, 0) is 6.42 Å². The molecule has 0 aliphatic rings. The van der Waals surface area contributed by atoms with Gasteiger partial charge in [0, 0.05) is 12.7 Å². The molecule has 0 atom stereocenters. The van der Waals surface area contributed by atoms with Crippen LogP contribution in [0.1, 0.15) is 5.56 Å². The number of nitrogens with zero attached hydrogens (tertiary/aromatic N) is 1. The molecule has 1 aromatic heterocycles. The number of hydrogen-bond acceptors (Lipinski definition) is 3. The van der Waals surface area contributed by atoms with Gasteiger partial charge in [-0.3, -0.25) is 4.98 Å². The minimum Gasteiger partial charge on any atom is -0.397 e. The monoisotopic (exact) mass is 231 g/mol. The third kappa shape index (κ3) is 3.45. The fourth-order valence-corrected chi connectivity index (χ4v) is 1.60. The predicted molar refractivity (Wildman–Crippen MR) is 67.2 cm³/mol. The van der Waals surface area contributed by atoms with Gasteiger partial charge in [-0.2, -0.15) is 0 Å². The molecule has 0 aliphatic heterocycles. The maximum Gasteiger partial charge on any atom is 0.123 e. The minimum atomic E-state index is -0.201. The molecule has 2 rings (SSSR count). The third-order valence-electron chi connectivity index (χ3n) is 2.39. The van der Waals surface area contributed by atoms with E-state index in [4.69, 9.17) is 5.73 Å². The molecule has 0 radical (unpaired) electrons. The van der Waals surface area contributed by atoms with Crippen molar-refractivity contribution in [1.82, 2.24) is 4.98 Å². The lowest BCUT2D eigenvalue weighted by molar-refractivity contribution is 0.625. The molecular weight excluding hydrogens is 217 g/mol. The first-order valence-electron chi connectivity index (χ1n) is 5.43. The zero-order chi connectivity index (χ0) is 12.1. The molecule has 0 saturated carbocycles. The van der Waals surface area contributed by atoms with Crippen LogP contribution < -0.4 is 11.1 Å². The average molecular weight is 231 g/mol. The number of pyridine rings is 1. The van der Waals surface area contributed by atoms with Crippen LogP contribution in [0.3, 0.4) is 0 Å². The zero-order valence-electron chi connectivity index (χ0n) is 9.36. The Morgan fingerprint density at radius 1 is 1.24 bits per heavy atom. The summed E-state index contributed by atoms with van der Waals surface area (Å²) in [7, 11) is 0. The summed E-state index contributed by atoms with van der Waals surface area (Å²) in [5, 5.41) is 3.19. The Morgan fingerprint density at radius 2 is 2.12 bits per heavy atom. The van der Waals surface area contributed by atoms with E-state index in [1.54, 1.807) is 24.5 Å². The number of anilines is 2. The molecule has 1 heterocycles. The van der Waals surface area contributed by atoms with E-state index in [2.05, 4.69) is 10.3 Å². The fraction of sp³-hybridized carbons (Fsp3) is 0.154. The van der Waals surface area contributed by atoms with Gasteiger partial charge in [-0.05, 0) is 30.2 Å². The van der Waals surface area contributed by atoms with Gasteiger partial charge in [0.15, 0.2) is 0 Å². The van der Waals surface area contributed by atoms with Crippen molar-refractivity contribution in [3.8, 4) is 0 Å². The molecular formula is C13H14FN3. The van der Waals surface area contributed by atoms with Crippen LogP contribution in [0.4, 0.5) is 15.8 Å². The fourth-order valence-electron chi connectivity index (χ4n) is 1.60. The standard InChI is InChI=1S/C13H14FN3/c14-11-3-1-2-10(6-11)4-5-17-13-7-12(15)8-16-9-13/h1-3,6-9,17H,4-5,15H2. The van der Waals surface area contributed by atoms with E-state index in [-0.39, 0.29) is 5.82 Å². The molecule has 1 aromatic carbocycles. The SMILES string of the molecule is Nc1cncc(NCCc2cccc(F)c2)c1. The van der Waals surface area contributed by atoms with Crippen molar-refractivity contribution in [2.24, 2.45) is 0 Å². The second kappa shape index (κ2) is 5.30. The van der Waals surface area contributed by atoms with Gasteiger partial charge in [0.05, 0.1) is 17.6 Å². The number of benzene rings is 1. The van der Waals surface area contributed by atoms with E-state index in [0.717, 1.165) is 17.7 Å². The molecule has 0 amide bonds. The third-order valence-corrected chi connectivity index (χ3v) is 2.39. The van der Waals surface area contributed by atoms with Crippen molar-refractivity contribution >= 4 is 11.4 Å². The molecule has 0 bridgehead atoms. The van der Waals surface area contributed by atoms with Crippen LogP contribution in [0.25, 0.3) is 0 Å². The largest absolute Gasteiger partial charge is 0.397 e. The van der Waals surface area contributed by atoms with Gasteiger partial charge in [0.1, 0.15) is 5.82 Å². The summed E-state index contributed by atoms with van der Waals surface area (Å²) < 4.78 is 12.9. The first-order chi connectivity index (χ1) is 8.24. The Hall–Kier alpha value is -2.10. The lowest BCUT2D eigenvalue weighted by Gasteiger charge is -2.06. The van der Waals surface area contributed by atoms with Crippen LogP contribution in [0.5, 0.6) is 0 Å². The Kier molecular flexibility index (Phi) is 3.55. The molecule has 0 fully saturated rings. The Morgan fingerprint density at radius 3 is 2.88 bits per heavy atom. The number of aromatic nitrogens is 1. The second-order valence-electron chi connectivity index (χ2n) is 3.81. The lowest BCUT2D eigenvalue weighted by Crippen LogP contribution is -2.05. The first kappa shape index (κ1) is 11.4. The second-order valence-corrected chi connectivity index (χ2v) is 3.81. The highest BCUT2D eigenvalue weighted by molar-refractivity contribution is 5.51. The van der Waals surface area contributed by atoms with E-state index >= 15 is 0 Å². The van der Waals surface area contributed by atoms with Crippen molar-refractivity contribution in [2.45, 2.75) is 6.42 Å². The predicted octanol–water partition coefficient (Wildman–Crippen LogP) is 2.46. The molecule has 4 heteroatoms. The number of rotatable bonds is 4. The summed E-state index contributed by atoms with van der Waals surface area (Å²) >= 11 is 0. The lowest BCUT2D eigenvalue weighted by atomic mass is 10.1. The Labute approximate surface area is 99.5 Å². The van der Waals surface area contributed by atoms with Crippen LogP contribution in [-0.4, -0.2) is 11.5 Å². The van der Waals surface area contributed by atoms with Crippen LogP contribution >= 0.6 is 0 Å². The van der Waals surface area contributed by atoms with E-state index in [1.165, 1.54) is 6.07 Å². The zero-order valence-corrected chi connectivity index (χ0v) is 9.36. The molecule has 0 saturated heterocycles. The van der Waals surface area contributed by atoms with Crippen molar-refractivity contribution in [1.29, 1.82) is 0 Å². The quantitative estimate of drug-likeness (QED) is 0.849. The molecule has 0 spiro atoms. The number of nitrogens with two attached hydrogens (primary N) is 1. The molecule has 2 aromatic rings. The van der Waals surface area contributed by atoms with Crippen LogP contribution in [0.2, 0.25) is 0 Å². The van der Waals surface area contributed by atoms with E-state index in [1.807, 2.05) is 12.1 Å². The first-order valence-corrected chi connectivity index (χ1v) is 5.43. The molecule has 88 valence electrons. The highest BCUT2D eigenvalue weighted by Gasteiger charge is 1.96. The summed E-state index contributed by atoms with van der Waals surface area (Å²) in [6.07, 6.45) is 4.06. The van der Waals surface area contributed by atoms with Crippen LogP contribution in [0.15, 0.2) is 42.7 Å². The van der Waals surface area contributed by atoms with E-state index in [0.29, 0.717) is 12.2 Å². The van der Waals surface area contributed by atoms with Gasteiger partial charge in [0.25, 0.3) is 0 Å². The highest BCUT2D eigenvalue weighted by atomic mass is 19.1. The maximum absolute atomic E-state index is 12.9. The minimum absolute atomic E-state index is 0.201. The average Bonchev–Trinajstić information content (AvgIpc) is 2.29. The smallest absolute Gasteiger partial charge is 0.123 e. The van der Waals surface area contributed by atoms with Crippen molar-refractivity contribution in [3.63, 3.8) is 0 Å². The molecule has 3 N–H and O–H groups in total.